The van der Waals surface area contributed by atoms with Gasteiger partial charge >= 0.3 is 0 Å². The van der Waals surface area contributed by atoms with E-state index in [-0.39, 0.29) is 5.56 Å². The monoisotopic (exact) mass is 494 g/mol. The van der Waals surface area contributed by atoms with Crippen molar-refractivity contribution in [2.45, 2.75) is 24.9 Å². The third kappa shape index (κ3) is 4.14. The number of nitrogens with zero attached hydrogens (tertiary/aromatic N) is 3. The number of thiazole rings is 2. The minimum atomic E-state index is 0.0639. The van der Waals surface area contributed by atoms with Gasteiger partial charge in [-0.15, -0.1) is 11.3 Å². The van der Waals surface area contributed by atoms with Crippen LogP contribution in [0, 0.1) is 0 Å². The summed E-state index contributed by atoms with van der Waals surface area (Å²) in [7, 11) is 3.68. The predicted molar refractivity (Wildman–Crippen MR) is 138 cm³/mol. The summed E-state index contributed by atoms with van der Waals surface area (Å²) in [5, 5.41) is 4.19. The van der Waals surface area contributed by atoms with Crippen LogP contribution in [0.15, 0.2) is 69.8 Å². The van der Waals surface area contributed by atoms with E-state index in [2.05, 4.69) is 57.5 Å². The lowest BCUT2D eigenvalue weighted by atomic mass is 10.2. The van der Waals surface area contributed by atoms with Crippen molar-refractivity contribution < 1.29 is 9.30 Å². The fourth-order valence-corrected chi connectivity index (χ4v) is 7.17. The van der Waals surface area contributed by atoms with Crippen LogP contribution in [0.2, 0.25) is 0 Å². The molecule has 1 aliphatic heterocycles. The third-order valence-electron chi connectivity index (χ3n) is 5.62. The van der Waals surface area contributed by atoms with E-state index in [0.717, 1.165) is 42.1 Å². The maximum absolute atomic E-state index is 13.4. The molecule has 0 saturated heterocycles. The van der Waals surface area contributed by atoms with Crippen LogP contribution in [0.1, 0.15) is 17.5 Å². The summed E-state index contributed by atoms with van der Waals surface area (Å²) in [5.74, 6) is 0.814. The van der Waals surface area contributed by atoms with Crippen LogP contribution in [0.4, 0.5) is 5.69 Å². The number of hydrogen-bond acceptors (Lipinski definition) is 6. The van der Waals surface area contributed by atoms with Gasteiger partial charge in [0.25, 0.3) is 10.6 Å². The maximum atomic E-state index is 13.4. The van der Waals surface area contributed by atoms with Crippen LogP contribution < -0.4 is 29.0 Å². The van der Waals surface area contributed by atoms with E-state index < -0.39 is 0 Å². The van der Waals surface area contributed by atoms with Crippen molar-refractivity contribution in [2.24, 2.45) is 0 Å². The van der Waals surface area contributed by atoms with Crippen molar-refractivity contribution >= 4 is 51.2 Å². The average molecular weight is 495 g/mol. The lowest BCUT2D eigenvalue weighted by Crippen LogP contribution is -2.36. The Balaban J connectivity index is 1.60. The summed E-state index contributed by atoms with van der Waals surface area (Å²) in [4.78, 5) is 16.6. The Morgan fingerprint density at radius 1 is 1.15 bits per heavy atom. The molecule has 0 spiro atoms. The van der Waals surface area contributed by atoms with Crippen molar-refractivity contribution in [3.05, 3.63) is 90.2 Å². The molecule has 33 heavy (non-hydrogen) atoms. The van der Waals surface area contributed by atoms with E-state index in [9.17, 15) is 4.79 Å². The molecule has 0 saturated carbocycles. The minimum absolute atomic E-state index is 0.0639. The van der Waals surface area contributed by atoms with Crippen molar-refractivity contribution in [3.8, 4) is 5.75 Å². The van der Waals surface area contributed by atoms with Crippen molar-refractivity contribution in [2.75, 3.05) is 19.1 Å². The Bertz CT molecular complexity index is 1490. The van der Waals surface area contributed by atoms with Gasteiger partial charge in [0.2, 0.25) is 0 Å². The second-order valence-corrected chi connectivity index (χ2v) is 10.6. The van der Waals surface area contributed by atoms with E-state index in [4.69, 9.17) is 4.74 Å². The molecule has 2 aromatic carbocycles. The quantitative estimate of drug-likeness (QED) is 0.398. The molecule has 0 bridgehead atoms. The average Bonchev–Trinajstić information content (AvgIpc) is 3.50. The highest BCUT2D eigenvalue weighted by Gasteiger charge is 2.25. The lowest BCUT2D eigenvalue weighted by Gasteiger charge is -2.13. The number of methoxy groups -OCH3 is 1. The van der Waals surface area contributed by atoms with Gasteiger partial charge in [0.05, 0.1) is 24.3 Å². The largest absolute Gasteiger partial charge is 0.497 e. The van der Waals surface area contributed by atoms with Crippen LogP contribution in [-0.4, -0.2) is 18.7 Å². The van der Waals surface area contributed by atoms with Gasteiger partial charge in [0.1, 0.15) is 20.0 Å². The van der Waals surface area contributed by atoms with Gasteiger partial charge in [-0.1, -0.05) is 53.4 Å². The minimum Gasteiger partial charge on any atom is -0.497 e. The highest BCUT2D eigenvalue weighted by Crippen LogP contribution is 2.46. The molecular weight excluding hydrogens is 470 g/mol. The van der Waals surface area contributed by atoms with E-state index in [1.807, 2.05) is 36.7 Å². The Kier molecular flexibility index (Phi) is 6.14. The molecule has 0 atom stereocenters. The van der Waals surface area contributed by atoms with E-state index >= 15 is 0 Å². The highest BCUT2D eigenvalue weighted by molar-refractivity contribution is 8.08. The zero-order valence-electron chi connectivity index (χ0n) is 18.6. The Labute approximate surface area is 204 Å². The van der Waals surface area contributed by atoms with Gasteiger partial charge in [-0.3, -0.25) is 9.36 Å². The molecule has 0 aliphatic carbocycles. The number of aromatic nitrogens is 2. The summed E-state index contributed by atoms with van der Waals surface area (Å²) >= 11 is 4.89. The van der Waals surface area contributed by atoms with Crippen LogP contribution in [0.25, 0.3) is 11.1 Å². The van der Waals surface area contributed by atoms with Crippen molar-refractivity contribution in [3.63, 3.8) is 0 Å². The molecule has 0 amide bonds. The second-order valence-electron chi connectivity index (χ2n) is 7.62. The van der Waals surface area contributed by atoms with E-state index in [1.165, 1.54) is 5.56 Å². The van der Waals surface area contributed by atoms with E-state index in [1.54, 1.807) is 41.5 Å². The number of thioether (sulfide) groups is 1. The standard InChI is InChI=1S/C25H24N3O2S3/c1-4-28-22(15-21-27(12-13-31-21)16-17-8-6-5-7-9-17)33-23(24(28)29)25-26(2)19-14-18(30-3)10-11-20(19)32-25/h5-15H,4,16H2,1-3H3/q+1/b25-23+. The number of rotatable bonds is 5. The SMILES string of the molecule is CCn1c(=O)/c(=C2\Sc3ccc(OC)cc3N2C)s/c1=C\c1scc[n+]1Cc1ccccc1. The van der Waals surface area contributed by atoms with Gasteiger partial charge in [-0.25, -0.2) is 0 Å². The van der Waals surface area contributed by atoms with Gasteiger partial charge < -0.3 is 9.64 Å². The zero-order chi connectivity index (χ0) is 22.9. The first kappa shape index (κ1) is 22.0. The first-order valence-electron chi connectivity index (χ1n) is 10.6. The molecule has 8 heteroatoms. The molecule has 0 N–H and O–H groups in total. The fraction of sp³-hybridized carbons (Fsp3) is 0.200. The summed E-state index contributed by atoms with van der Waals surface area (Å²) in [6.45, 7) is 3.46. The maximum Gasteiger partial charge on any atom is 0.271 e. The normalized spacial score (nSPS) is 15.2. The summed E-state index contributed by atoms with van der Waals surface area (Å²) in [6, 6.07) is 16.5. The molecule has 1 aliphatic rings. The first-order chi connectivity index (χ1) is 16.1. The molecule has 3 heterocycles. The molecular formula is C25H24N3O2S3+. The van der Waals surface area contributed by atoms with Crippen LogP contribution in [-0.2, 0) is 13.1 Å². The summed E-state index contributed by atoms with van der Waals surface area (Å²) < 4.78 is 11.2. The number of ether oxygens (including phenoxy) is 1. The first-order valence-corrected chi connectivity index (χ1v) is 13.2. The number of benzene rings is 2. The van der Waals surface area contributed by atoms with Gasteiger partial charge in [-0.05, 0) is 19.1 Å². The highest BCUT2D eigenvalue weighted by atomic mass is 32.2. The molecule has 4 aromatic rings. The van der Waals surface area contributed by atoms with Gasteiger partial charge in [0.15, 0.2) is 12.7 Å². The number of fused-ring (bicyclic) bond motifs is 1. The fourth-order valence-electron chi connectivity index (χ4n) is 3.87. The summed E-state index contributed by atoms with van der Waals surface area (Å²) in [5.41, 5.74) is 2.38. The van der Waals surface area contributed by atoms with Crippen LogP contribution in [0.5, 0.6) is 5.75 Å². The molecule has 5 rings (SSSR count). The van der Waals surface area contributed by atoms with Gasteiger partial charge in [-0.2, -0.15) is 4.57 Å². The molecule has 0 radical (unpaired) electrons. The lowest BCUT2D eigenvalue weighted by molar-refractivity contribution is -0.685. The number of hydrogen-bond donors (Lipinski definition) is 0. The smallest absolute Gasteiger partial charge is 0.271 e. The van der Waals surface area contributed by atoms with Crippen LogP contribution >= 0.6 is 34.4 Å². The molecule has 168 valence electrons. The Morgan fingerprint density at radius 3 is 2.73 bits per heavy atom. The predicted octanol–water partition coefficient (Wildman–Crippen LogP) is 3.47. The summed E-state index contributed by atoms with van der Waals surface area (Å²) in [6.07, 6.45) is 4.24. The Hall–Kier alpha value is -2.81. The molecule has 0 unspecified atom stereocenters. The van der Waals surface area contributed by atoms with E-state index in [0.29, 0.717) is 6.54 Å². The van der Waals surface area contributed by atoms with Crippen LogP contribution in [0.3, 0.4) is 0 Å². The van der Waals surface area contributed by atoms with Crippen molar-refractivity contribution in [1.82, 2.24) is 4.57 Å². The third-order valence-corrected chi connectivity index (χ3v) is 8.95. The molecule has 2 aromatic heterocycles. The topological polar surface area (TPSA) is 38.4 Å². The zero-order valence-corrected chi connectivity index (χ0v) is 21.1. The van der Waals surface area contributed by atoms with Gasteiger partial charge in [0, 0.05) is 30.1 Å². The molecule has 5 nitrogen and oxygen atoms in total. The number of anilines is 1. The molecule has 0 fully saturated rings. The second kappa shape index (κ2) is 9.21. The van der Waals surface area contributed by atoms with Crippen molar-refractivity contribution in [1.29, 1.82) is 0 Å². The Morgan fingerprint density at radius 2 is 1.97 bits per heavy atom.